The van der Waals surface area contributed by atoms with Crippen LogP contribution in [-0.4, -0.2) is 35.1 Å². The minimum Gasteiger partial charge on any atom is -0.337 e. The molecule has 0 saturated heterocycles. The van der Waals surface area contributed by atoms with Crippen molar-refractivity contribution in [2.45, 2.75) is 0 Å². The average Bonchev–Trinajstić information content (AvgIpc) is 3.43. The maximum Gasteiger partial charge on any atom is 0.159 e. The third kappa shape index (κ3) is 2.64. The van der Waals surface area contributed by atoms with Crippen LogP contribution in [0.2, 0.25) is 0 Å². The summed E-state index contributed by atoms with van der Waals surface area (Å²) in [6.45, 7) is 0. The van der Waals surface area contributed by atoms with Gasteiger partial charge in [-0.1, -0.05) is 24.3 Å². The topological polar surface area (TPSA) is 96.0 Å². The monoisotopic (exact) mass is 389 g/mol. The fourth-order valence-corrected chi connectivity index (χ4v) is 3.65. The minimum atomic E-state index is 0.685. The van der Waals surface area contributed by atoms with Gasteiger partial charge in [0.25, 0.3) is 0 Å². The highest BCUT2D eigenvalue weighted by Gasteiger charge is 2.16. The average molecular weight is 389 g/mol. The van der Waals surface area contributed by atoms with E-state index in [1.54, 1.807) is 12.4 Å². The Morgan fingerprint density at radius 3 is 2.67 bits per heavy atom. The van der Waals surface area contributed by atoms with Crippen LogP contribution in [0.25, 0.3) is 56.0 Å². The number of para-hydroxylation sites is 1. The molecular formula is C23H15N7. The summed E-state index contributed by atoms with van der Waals surface area (Å²) < 4.78 is 0. The van der Waals surface area contributed by atoms with Crippen LogP contribution in [0, 0.1) is 0 Å². The lowest BCUT2D eigenvalue weighted by Crippen LogP contribution is -1.85. The number of nitrogens with zero attached hydrogens (tertiary/aromatic N) is 5. The maximum atomic E-state index is 4.87. The summed E-state index contributed by atoms with van der Waals surface area (Å²) in [5.41, 5.74) is 7.07. The van der Waals surface area contributed by atoms with Crippen molar-refractivity contribution in [1.29, 1.82) is 0 Å². The Labute approximate surface area is 170 Å². The van der Waals surface area contributed by atoms with E-state index in [2.05, 4.69) is 36.2 Å². The van der Waals surface area contributed by atoms with Gasteiger partial charge in [0.1, 0.15) is 5.69 Å². The molecule has 0 aliphatic carbocycles. The molecule has 142 valence electrons. The van der Waals surface area contributed by atoms with Gasteiger partial charge < -0.3 is 4.98 Å². The van der Waals surface area contributed by atoms with Crippen molar-refractivity contribution in [3.63, 3.8) is 0 Å². The van der Waals surface area contributed by atoms with Crippen LogP contribution in [0.4, 0.5) is 0 Å². The lowest BCUT2D eigenvalue weighted by Gasteiger charge is -2.01. The molecule has 0 unspecified atom stereocenters. The Morgan fingerprint density at radius 2 is 1.80 bits per heavy atom. The molecule has 5 aromatic heterocycles. The van der Waals surface area contributed by atoms with Crippen molar-refractivity contribution < 1.29 is 0 Å². The van der Waals surface area contributed by atoms with E-state index in [4.69, 9.17) is 4.98 Å². The highest BCUT2D eigenvalue weighted by atomic mass is 15.2. The number of aromatic amines is 2. The van der Waals surface area contributed by atoms with Crippen molar-refractivity contribution in [3.05, 3.63) is 79.4 Å². The molecule has 0 bridgehead atoms. The number of imidazole rings is 1. The Morgan fingerprint density at radius 1 is 0.800 bits per heavy atom. The van der Waals surface area contributed by atoms with Gasteiger partial charge in [-0.2, -0.15) is 5.10 Å². The van der Waals surface area contributed by atoms with Crippen LogP contribution >= 0.6 is 0 Å². The van der Waals surface area contributed by atoms with Crippen molar-refractivity contribution >= 4 is 22.1 Å². The van der Waals surface area contributed by atoms with Gasteiger partial charge in [-0.15, -0.1) is 0 Å². The summed E-state index contributed by atoms with van der Waals surface area (Å²) in [4.78, 5) is 21.5. The van der Waals surface area contributed by atoms with Gasteiger partial charge in [0.2, 0.25) is 0 Å². The fourth-order valence-electron chi connectivity index (χ4n) is 3.65. The molecule has 0 radical (unpaired) electrons. The zero-order valence-electron chi connectivity index (χ0n) is 15.7. The van der Waals surface area contributed by atoms with Gasteiger partial charge in [0, 0.05) is 41.5 Å². The summed E-state index contributed by atoms with van der Waals surface area (Å²) in [7, 11) is 0. The summed E-state index contributed by atoms with van der Waals surface area (Å²) in [5, 5.41) is 8.39. The van der Waals surface area contributed by atoms with Crippen LogP contribution in [0.3, 0.4) is 0 Å². The third-order valence-electron chi connectivity index (χ3n) is 5.09. The van der Waals surface area contributed by atoms with Crippen LogP contribution in [0.1, 0.15) is 0 Å². The number of fused-ring (bicyclic) bond motifs is 2. The first-order valence-electron chi connectivity index (χ1n) is 9.52. The van der Waals surface area contributed by atoms with E-state index >= 15 is 0 Å². The predicted molar refractivity (Wildman–Crippen MR) is 115 cm³/mol. The Kier molecular flexibility index (Phi) is 3.64. The van der Waals surface area contributed by atoms with Gasteiger partial charge in [0.05, 0.1) is 22.1 Å². The first kappa shape index (κ1) is 16.6. The molecule has 5 heterocycles. The van der Waals surface area contributed by atoms with Crippen molar-refractivity contribution in [1.82, 2.24) is 35.1 Å². The fraction of sp³-hybridized carbons (Fsp3) is 0. The van der Waals surface area contributed by atoms with E-state index in [0.717, 1.165) is 44.5 Å². The molecular weight excluding hydrogens is 374 g/mol. The molecule has 0 saturated carbocycles. The van der Waals surface area contributed by atoms with Crippen LogP contribution in [-0.2, 0) is 0 Å². The smallest absolute Gasteiger partial charge is 0.159 e. The second-order valence-electron chi connectivity index (χ2n) is 6.94. The van der Waals surface area contributed by atoms with Gasteiger partial charge in [-0.05, 0) is 30.3 Å². The maximum absolute atomic E-state index is 4.87. The Hall–Kier alpha value is -4.39. The van der Waals surface area contributed by atoms with E-state index in [-0.39, 0.29) is 0 Å². The van der Waals surface area contributed by atoms with Gasteiger partial charge in [-0.3, -0.25) is 15.1 Å². The van der Waals surface area contributed by atoms with Gasteiger partial charge >= 0.3 is 0 Å². The lowest BCUT2D eigenvalue weighted by atomic mass is 10.1. The first-order valence-corrected chi connectivity index (χ1v) is 9.52. The quantitative estimate of drug-likeness (QED) is 0.460. The number of hydrogen-bond donors (Lipinski definition) is 2. The van der Waals surface area contributed by atoms with Crippen molar-refractivity contribution in [3.8, 4) is 33.9 Å². The molecule has 0 amide bonds. The zero-order chi connectivity index (χ0) is 19.9. The molecule has 2 N–H and O–H groups in total. The molecule has 6 rings (SSSR count). The van der Waals surface area contributed by atoms with Gasteiger partial charge in [0.15, 0.2) is 11.5 Å². The Balaban J connectivity index is 1.52. The van der Waals surface area contributed by atoms with Crippen LogP contribution in [0.5, 0.6) is 0 Å². The highest BCUT2D eigenvalue weighted by molar-refractivity contribution is 5.96. The van der Waals surface area contributed by atoms with E-state index < -0.39 is 0 Å². The van der Waals surface area contributed by atoms with E-state index in [1.807, 2.05) is 60.9 Å². The normalized spacial score (nSPS) is 11.3. The molecule has 0 atom stereocenters. The summed E-state index contributed by atoms with van der Waals surface area (Å²) in [6.07, 6.45) is 7.18. The SMILES string of the molecule is c1ccc(-c2cccc3[nH]c(-c4n[nH]c5ncc(-c6cccnc6)cc45)nc23)nc1. The molecule has 0 spiro atoms. The first-order chi connectivity index (χ1) is 14.9. The van der Waals surface area contributed by atoms with E-state index in [9.17, 15) is 0 Å². The molecule has 0 aliphatic heterocycles. The molecule has 6 aromatic rings. The molecule has 0 fully saturated rings. The number of hydrogen-bond acceptors (Lipinski definition) is 5. The number of aromatic nitrogens is 7. The number of nitrogens with one attached hydrogen (secondary N) is 2. The molecule has 7 heteroatoms. The third-order valence-corrected chi connectivity index (χ3v) is 5.09. The second kappa shape index (κ2) is 6.59. The van der Waals surface area contributed by atoms with Crippen molar-refractivity contribution in [2.24, 2.45) is 0 Å². The summed E-state index contributed by atoms with van der Waals surface area (Å²) >= 11 is 0. The second-order valence-corrected chi connectivity index (χ2v) is 6.94. The lowest BCUT2D eigenvalue weighted by molar-refractivity contribution is 1.09. The zero-order valence-corrected chi connectivity index (χ0v) is 15.7. The molecule has 0 aliphatic rings. The van der Waals surface area contributed by atoms with E-state index in [1.165, 1.54) is 0 Å². The van der Waals surface area contributed by atoms with E-state index in [0.29, 0.717) is 11.5 Å². The molecule has 7 nitrogen and oxygen atoms in total. The number of H-pyrrole nitrogens is 2. The molecule has 30 heavy (non-hydrogen) atoms. The summed E-state index contributed by atoms with van der Waals surface area (Å²) in [5.74, 6) is 0.685. The predicted octanol–water partition coefficient (Wildman–Crippen LogP) is 4.63. The minimum absolute atomic E-state index is 0.685. The Bertz CT molecular complexity index is 1480. The van der Waals surface area contributed by atoms with Crippen LogP contribution in [0.15, 0.2) is 79.4 Å². The number of rotatable bonds is 3. The van der Waals surface area contributed by atoms with Crippen molar-refractivity contribution in [2.75, 3.05) is 0 Å². The largest absolute Gasteiger partial charge is 0.337 e. The highest BCUT2D eigenvalue weighted by Crippen LogP contribution is 2.31. The number of pyridine rings is 3. The van der Waals surface area contributed by atoms with Crippen LogP contribution < -0.4 is 0 Å². The molecule has 1 aromatic carbocycles. The summed E-state index contributed by atoms with van der Waals surface area (Å²) in [6, 6.07) is 17.9. The van der Waals surface area contributed by atoms with Gasteiger partial charge in [-0.25, -0.2) is 9.97 Å². The number of benzene rings is 1. The standard InChI is InChI=1S/C23H15N7/c1-2-10-25-18(7-1)16-6-3-8-19-20(16)28-23(27-19)21-17-11-15(13-26-22(17)30-29-21)14-5-4-9-24-12-14/h1-13H,(H,27,28)(H,26,29,30).